The summed E-state index contributed by atoms with van der Waals surface area (Å²) in [4.78, 5) is 6.84. The van der Waals surface area contributed by atoms with E-state index in [2.05, 4.69) is 33.5 Å². The van der Waals surface area contributed by atoms with Gasteiger partial charge >= 0.3 is 0 Å². The first-order chi connectivity index (χ1) is 12.7. The lowest BCUT2D eigenvalue weighted by Gasteiger charge is -2.26. The summed E-state index contributed by atoms with van der Waals surface area (Å²) in [5, 5.41) is 6.83. The molecule has 0 aromatic carbocycles. The van der Waals surface area contributed by atoms with Gasteiger partial charge in [0.15, 0.2) is 5.96 Å². The zero-order valence-corrected chi connectivity index (χ0v) is 19.5. The van der Waals surface area contributed by atoms with Crippen LogP contribution in [0.1, 0.15) is 56.6 Å². The van der Waals surface area contributed by atoms with E-state index in [0.717, 1.165) is 69.7 Å². The number of guanidine groups is 1. The fraction of sp³-hybridized carbons (Fsp3) is 0.750. The molecule has 156 valence electrons. The van der Waals surface area contributed by atoms with Crippen molar-refractivity contribution in [3.05, 3.63) is 23.7 Å². The minimum absolute atomic E-state index is 0. The molecule has 1 aromatic rings. The van der Waals surface area contributed by atoms with E-state index in [-0.39, 0.29) is 30.0 Å². The van der Waals surface area contributed by atoms with E-state index in [1.54, 1.807) is 0 Å². The zero-order chi connectivity index (χ0) is 18.6. The maximum Gasteiger partial charge on any atom is 0.191 e. The number of halogens is 1. The molecule has 6 nitrogen and oxygen atoms in total. The molecule has 1 aromatic heterocycles. The molecule has 1 fully saturated rings. The lowest BCUT2D eigenvalue weighted by Crippen LogP contribution is -2.43. The van der Waals surface area contributed by atoms with Gasteiger partial charge in [-0.2, -0.15) is 0 Å². The molecule has 0 aliphatic carbocycles. The summed E-state index contributed by atoms with van der Waals surface area (Å²) in [6.45, 7) is 9.76. The van der Waals surface area contributed by atoms with Gasteiger partial charge < -0.3 is 19.8 Å². The number of aryl methyl sites for hydroxylation is 1. The van der Waals surface area contributed by atoms with Gasteiger partial charge in [0.1, 0.15) is 11.5 Å². The van der Waals surface area contributed by atoms with Gasteiger partial charge in [-0.05, 0) is 57.8 Å². The maximum absolute atomic E-state index is 5.91. The molecule has 2 N–H and O–H groups in total. The van der Waals surface area contributed by atoms with Gasteiger partial charge in [-0.15, -0.1) is 24.0 Å². The number of rotatable bonds is 11. The van der Waals surface area contributed by atoms with Crippen molar-refractivity contribution in [2.75, 3.05) is 46.4 Å². The van der Waals surface area contributed by atoms with Crippen LogP contribution in [0, 0.1) is 6.92 Å². The molecule has 1 atom stereocenters. The number of aliphatic imine (C=N–C) groups is 1. The monoisotopic (exact) mass is 492 g/mol. The normalized spacial score (nSPS) is 16.2. The summed E-state index contributed by atoms with van der Waals surface area (Å²) in [6.07, 6.45) is 5.84. The Kier molecular flexibility index (Phi) is 12.8. The third-order valence-electron chi connectivity index (χ3n) is 4.76. The van der Waals surface area contributed by atoms with Crippen LogP contribution < -0.4 is 10.6 Å². The molecular weight excluding hydrogens is 455 g/mol. The quantitative estimate of drug-likeness (QED) is 0.214. The molecule has 0 amide bonds. The van der Waals surface area contributed by atoms with E-state index >= 15 is 0 Å². The standard InChI is InChI=1S/C20H36N4O2.HI/c1-4-5-14-25-15-8-11-22-20(21-3)23-16-18(24-12-6-7-13-24)19-10-9-17(2)26-19;/h9-10,18H,4-8,11-16H2,1-3H3,(H2,21,22,23);1H. The molecule has 2 heterocycles. The second-order valence-corrected chi connectivity index (χ2v) is 6.91. The van der Waals surface area contributed by atoms with Crippen LogP contribution in [0.2, 0.25) is 0 Å². The molecular formula is C20H37IN4O2. The van der Waals surface area contributed by atoms with Crippen LogP contribution in [-0.4, -0.2) is 57.3 Å². The molecule has 0 radical (unpaired) electrons. The average molecular weight is 492 g/mol. The van der Waals surface area contributed by atoms with Crippen LogP contribution in [-0.2, 0) is 4.74 Å². The van der Waals surface area contributed by atoms with Crippen LogP contribution in [0.4, 0.5) is 0 Å². The highest BCUT2D eigenvalue weighted by molar-refractivity contribution is 14.0. The zero-order valence-electron chi connectivity index (χ0n) is 17.1. The van der Waals surface area contributed by atoms with Gasteiger partial charge in [0, 0.05) is 33.4 Å². The number of hydrogen-bond acceptors (Lipinski definition) is 4. The Morgan fingerprint density at radius 2 is 1.96 bits per heavy atom. The van der Waals surface area contributed by atoms with Crippen molar-refractivity contribution < 1.29 is 9.15 Å². The summed E-state index contributed by atoms with van der Waals surface area (Å²) in [5.41, 5.74) is 0. The second kappa shape index (κ2) is 14.2. The van der Waals surface area contributed by atoms with E-state index in [0.29, 0.717) is 0 Å². The number of furan rings is 1. The fourth-order valence-electron chi connectivity index (χ4n) is 3.24. The van der Waals surface area contributed by atoms with Gasteiger partial charge in [0.2, 0.25) is 0 Å². The summed E-state index contributed by atoms with van der Waals surface area (Å²) in [6, 6.07) is 4.40. The first-order valence-corrected chi connectivity index (χ1v) is 10.1. The van der Waals surface area contributed by atoms with Crippen molar-refractivity contribution in [3.8, 4) is 0 Å². The van der Waals surface area contributed by atoms with Crippen molar-refractivity contribution in [2.24, 2.45) is 4.99 Å². The van der Waals surface area contributed by atoms with E-state index in [1.807, 2.05) is 20.0 Å². The molecule has 1 saturated heterocycles. The number of unbranched alkanes of at least 4 members (excludes halogenated alkanes) is 1. The lowest BCUT2D eigenvalue weighted by molar-refractivity contribution is 0.129. The van der Waals surface area contributed by atoms with Crippen LogP contribution >= 0.6 is 24.0 Å². The number of hydrogen-bond donors (Lipinski definition) is 2. The predicted molar refractivity (Wildman–Crippen MR) is 122 cm³/mol. The molecule has 7 heteroatoms. The van der Waals surface area contributed by atoms with Crippen molar-refractivity contribution in [3.63, 3.8) is 0 Å². The Morgan fingerprint density at radius 1 is 1.22 bits per heavy atom. The van der Waals surface area contributed by atoms with E-state index in [1.165, 1.54) is 19.3 Å². The van der Waals surface area contributed by atoms with Gasteiger partial charge in [-0.3, -0.25) is 9.89 Å². The minimum Gasteiger partial charge on any atom is -0.465 e. The number of ether oxygens (including phenoxy) is 1. The molecule has 1 aliphatic rings. The highest BCUT2D eigenvalue weighted by atomic mass is 127. The van der Waals surface area contributed by atoms with Gasteiger partial charge in [-0.25, -0.2) is 0 Å². The molecule has 2 rings (SSSR count). The lowest BCUT2D eigenvalue weighted by atomic mass is 10.2. The van der Waals surface area contributed by atoms with Crippen molar-refractivity contribution >= 4 is 29.9 Å². The molecule has 1 unspecified atom stereocenters. The molecule has 0 saturated carbocycles. The largest absolute Gasteiger partial charge is 0.465 e. The van der Waals surface area contributed by atoms with Crippen LogP contribution in [0.3, 0.4) is 0 Å². The Bertz CT molecular complexity index is 530. The Hall–Kier alpha value is -0.800. The van der Waals surface area contributed by atoms with Gasteiger partial charge in [0.25, 0.3) is 0 Å². The highest BCUT2D eigenvalue weighted by Gasteiger charge is 2.26. The Morgan fingerprint density at radius 3 is 2.59 bits per heavy atom. The summed E-state index contributed by atoms with van der Waals surface area (Å²) >= 11 is 0. The van der Waals surface area contributed by atoms with Crippen molar-refractivity contribution in [1.82, 2.24) is 15.5 Å². The van der Waals surface area contributed by atoms with Crippen molar-refractivity contribution in [2.45, 2.75) is 52.0 Å². The number of nitrogens with zero attached hydrogens (tertiary/aromatic N) is 2. The molecule has 0 bridgehead atoms. The molecule has 1 aliphatic heterocycles. The molecule has 27 heavy (non-hydrogen) atoms. The number of nitrogens with one attached hydrogen (secondary N) is 2. The minimum atomic E-state index is 0. The molecule has 0 spiro atoms. The van der Waals surface area contributed by atoms with E-state index < -0.39 is 0 Å². The summed E-state index contributed by atoms with van der Waals surface area (Å²) in [5.74, 6) is 2.84. The predicted octanol–water partition coefficient (Wildman–Crippen LogP) is 3.71. The first kappa shape index (κ1) is 24.2. The highest BCUT2D eigenvalue weighted by Crippen LogP contribution is 2.26. The number of likely N-dealkylation sites (tertiary alicyclic amines) is 1. The van der Waals surface area contributed by atoms with E-state index in [4.69, 9.17) is 9.15 Å². The average Bonchev–Trinajstić information content (AvgIpc) is 3.32. The summed E-state index contributed by atoms with van der Waals surface area (Å²) in [7, 11) is 1.81. The van der Waals surface area contributed by atoms with Crippen molar-refractivity contribution in [1.29, 1.82) is 0 Å². The first-order valence-electron chi connectivity index (χ1n) is 10.1. The van der Waals surface area contributed by atoms with Crippen LogP contribution in [0.15, 0.2) is 21.5 Å². The third-order valence-corrected chi connectivity index (χ3v) is 4.76. The second-order valence-electron chi connectivity index (χ2n) is 6.91. The summed E-state index contributed by atoms with van der Waals surface area (Å²) < 4.78 is 11.5. The van der Waals surface area contributed by atoms with E-state index in [9.17, 15) is 0 Å². The van der Waals surface area contributed by atoms with Crippen LogP contribution in [0.5, 0.6) is 0 Å². The smallest absolute Gasteiger partial charge is 0.191 e. The van der Waals surface area contributed by atoms with Gasteiger partial charge in [-0.1, -0.05) is 13.3 Å². The van der Waals surface area contributed by atoms with Crippen LogP contribution in [0.25, 0.3) is 0 Å². The maximum atomic E-state index is 5.91. The Balaban J connectivity index is 0.00000364. The fourth-order valence-corrected chi connectivity index (χ4v) is 3.24. The SMILES string of the molecule is CCCCOCCCNC(=NC)NCC(c1ccc(C)o1)N1CCCC1.I. The Labute approximate surface area is 181 Å². The topological polar surface area (TPSA) is 62.0 Å². The van der Waals surface area contributed by atoms with Gasteiger partial charge in [0.05, 0.1) is 6.04 Å². The third kappa shape index (κ3) is 8.83.